The fourth-order valence-electron chi connectivity index (χ4n) is 1.21. The van der Waals surface area contributed by atoms with Gasteiger partial charge in [-0.15, -0.1) is 13.2 Å². The van der Waals surface area contributed by atoms with Crippen molar-refractivity contribution in [2.75, 3.05) is 7.11 Å². The lowest BCUT2D eigenvalue weighted by molar-refractivity contribution is -0.393. The van der Waals surface area contributed by atoms with Gasteiger partial charge in [0.1, 0.15) is 0 Å². The summed E-state index contributed by atoms with van der Waals surface area (Å²) >= 11 is 0. The lowest BCUT2D eigenvalue weighted by Gasteiger charge is -2.09. The van der Waals surface area contributed by atoms with E-state index < -0.39 is 34.5 Å². The number of aryl methyl sites for hydroxylation is 1. The Hall–Kier alpha value is -2.39. The summed E-state index contributed by atoms with van der Waals surface area (Å²) < 4.78 is 44.0. The molecule has 0 fully saturated rings. The van der Waals surface area contributed by atoms with E-state index in [4.69, 9.17) is 0 Å². The van der Waals surface area contributed by atoms with Crippen LogP contribution < -0.4 is 4.74 Å². The molecule has 7 nitrogen and oxygen atoms in total. The lowest BCUT2D eigenvalue weighted by atomic mass is 10.2. The molecule has 0 aromatic carbocycles. The van der Waals surface area contributed by atoms with E-state index >= 15 is 0 Å². The van der Waals surface area contributed by atoms with E-state index in [1.807, 2.05) is 0 Å². The van der Waals surface area contributed by atoms with E-state index in [2.05, 4.69) is 14.5 Å². The van der Waals surface area contributed by atoms with E-state index in [-0.39, 0.29) is 5.56 Å². The molecule has 0 aliphatic heterocycles. The van der Waals surface area contributed by atoms with Gasteiger partial charge in [0, 0.05) is 5.56 Å². The second kappa shape index (κ2) is 5.08. The lowest BCUT2D eigenvalue weighted by Crippen LogP contribution is -2.19. The summed E-state index contributed by atoms with van der Waals surface area (Å²) in [6.45, 7) is 1.24. The molecule has 1 heterocycles. The van der Waals surface area contributed by atoms with Crippen molar-refractivity contribution in [3.8, 4) is 5.75 Å². The Morgan fingerprint density at radius 2 is 2.05 bits per heavy atom. The largest absolute Gasteiger partial charge is 0.573 e. The second-order valence-corrected chi connectivity index (χ2v) is 3.27. The van der Waals surface area contributed by atoms with E-state index in [9.17, 15) is 28.1 Å². The molecule has 104 valence electrons. The van der Waals surface area contributed by atoms with Gasteiger partial charge in [-0.2, -0.15) is 0 Å². The summed E-state index contributed by atoms with van der Waals surface area (Å²) in [5.41, 5.74) is -0.500. The van der Waals surface area contributed by atoms with Crippen LogP contribution in [0.5, 0.6) is 5.75 Å². The molecule has 1 aromatic rings. The molecule has 0 aliphatic carbocycles. The van der Waals surface area contributed by atoms with Crippen LogP contribution in [0.3, 0.4) is 0 Å². The normalized spacial score (nSPS) is 11.0. The Kier molecular flexibility index (Phi) is 3.92. The predicted octanol–water partition coefficient (Wildman–Crippen LogP) is 1.98. The average molecular weight is 280 g/mol. The number of esters is 1. The number of alkyl halides is 3. The first kappa shape index (κ1) is 14.7. The summed E-state index contributed by atoms with van der Waals surface area (Å²) in [5.74, 6) is -3.31. The van der Waals surface area contributed by atoms with Gasteiger partial charge in [-0.05, 0) is 22.9 Å². The first-order chi connectivity index (χ1) is 8.65. The first-order valence-electron chi connectivity index (χ1n) is 4.66. The van der Waals surface area contributed by atoms with Gasteiger partial charge in [0.2, 0.25) is 5.75 Å². The van der Waals surface area contributed by atoms with Crippen molar-refractivity contribution < 1.29 is 32.4 Å². The summed E-state index contributed by atoms with van der Waals surface area (Å²) in [4.78, 5) is 23.9. The molecule has 0 unspecified atom stereocenters. The monoisotopic (exact) mass is 280 g/mol. The number of hydrogen-bond donors (Lipinski definition) is 0. The summed E-state index contributed by atoms with van der Waals surface area (Å²) in [6, 6.07) is 0.699. The highest BCUT2D eigenvalue weighted by atomic mass is 19.4. The van der Waals surface area contributed by atoms with Crippen LogP contribution in [0.4, 0.5) is 19.0 Å². The van der Waals surface area contributed by atoms with Crippen LogP contribution in [0.15, 0.2) is 6.07 Å². The van der Waals surface area contributed by atoms with Crippen molar-refractivity contribution in [2.24, 2.45) is 0 Å². The molecular weight excluding hydrogens is 273 g/mol. The number of nitrogens with zero attached hydrogens (tertiary/aromatic N) is 2. The number of aromatic nitrogens is 1. The number of methoxy groups -OCH3 is 1. The van der Waals surface area contributed by atoms with Gasteiger partial charge in [-0.3, -0.25) is 0 Å². The van der Waals surface area contributed by atoms with Crippen LogP contribution in [0.2, 0.25) is 0 Å². The molecule has 0 saturated heterocycles. The molecule has 19 heavy (non-hydrogen) atoms. The number of halogens is 3. The van der Waals surface area contributed by atoms with Gasteiger partial charge >= 0.3 is 18.1 Å². The van der Waals surface area contributed by atoms with Crippen molar-refractivity contribution in [1.82, 2.24) is 4.98 Å². The molecule has 0 amide bonds. The Morgan fingerprint density at radius 3 is 2.47 bits per heavy atom. The van der Waals surface area contributed by atoms with Crippen molar-refractivity contribution in [3.63, 3.8) is 0 Å². The molecule has 0 saturated carbocycles. The van der Waals surface area contributed by atoms with Crippen LogP contribution in [0.1, 0.15) is 16.1 Å². The molecule has 0 aliphatic rings. The SMILES string of the molecule is COC(=O)c1nc([N+](=O)[O-])c(OC(F)(F)F)cc1C. The highest BCUT2D eigenvalue weighted by Crippen LogP contribution is 2.32. The maximum Gasteiger partial charge on any atom is 0.573 e. The Balaban J connectivity index is 3.37. The maximum absolute atomic E-state index is 12.1. The van der Waals surface area contributed by atoms with Crippen molar-refractivity contribution in [3.05, 3.63) is 27.4 Å². The molecule has 1 aromatic heterocycles. The van der Waals surface area contributed by atoms with Crippen LogP contribution in [0.25, 0.3) is 0 Å². The zero-order valence-corrected chi connectivity index (χ0v) is 9.65. The van der Waals surface area contributed by atoms with Crippen LogP contribution in [0, 0.1) is 17.0 Å². The van der Waals surface area contributed by atoms with Gasteiger partial charge in [-0.1, -0.05) is 0 Å². The quantitative estimate of drug-likeness (QED) is 0.477. The number of ether oxygens (including phenoxy) is 2. The van der Waals surface area contributed by atoms with Crippen molar-refractivity contribution in [1.29, 1.82) is 0 Å². The fraction of sp³-hybridized carbons (Fsp3) is 0.333. The number of nitro groups is 1. The van der Waals surface area contributed by atoms with Gasteiger partial charge < -0.3 is 19.6 Å². The molecule has 0 spiro atoms. The average Bonchev–Trinajstić information content (AvgIpc) is 2.25. The zero-order chi connectivity index (χ0) is 14.8. The third-order valence-corrected chi connectivity index (χ3v) is 1.94. The third kappa shape index (κ3) is 3.53. The summed E-state index contributed by atoms with van der Waals surface area (Å²) in [7, 11) is 1.01. The molecule has 0 N–H and O–H groups in total. The van der Waals surface area contributed by atoms with Crippen LogP contribution >= 0.6 is 0 Å². The number of pyridine rings is 1. The molecule has 0 radical (unpaired) electrons. The van der Waals surface area contributed by atoms with Crippen LogP contribution in [-0.2, 0) is 4.74 Å². The molecule has 1 rings (SSSR count). The Morgan fingerprint density at radius 1 is 1.47 bits per heavy atom. The molecule has 10 heteroatoms. The molecular formula is C9H7F3N2O5. The van der Waals surface area contributed by atoms with Gasteiger partial charge in [0.25, 0.3) is 5.69 Å². The predicted molar refractivity (Wildman–Crippen MR) is 53.7 cm³/mol. The third-order valence-electron chi connectivity index (χ3n) is 1.94. The van der Waals surface area contributed by atoms with Gasteiger partial charge in [0.15, 0.2) is 0 Å². The van der Waals surface area contributed by atoms with Crippen LogP contribution in [-0.4, -0.2) is 29.3 Å². The minimum atomic E-state index is -5.11. The van der Waals surface area contributed by atoms with E-state index in [1.54, 1.807) is 0 Å². The standard InChI is InChI=1S/C9H7F3N2O5/c1-4-3-5(19-9(10,11)12)7(14(16)17)13-6(4)8(15)18-2/h3H,1-2H3. The zero-order valence-electron chi connectivity index (χ0n) is 9.65. The van der Waals surface area contributed by atoms with Gasteiger partial charge in [-0.25, -0.2) is 4.79 Å². The molecule has 0 atom stereocenters. The van der Waals surface area contributed by atoms with Crippen molar-refractivity contribution in [2.45, 2.75) is 13.3 Å². The topological polar surface area (TPSA) is 91.6 Å². The number of hydrogen-bond acceptors (Lipinski definition) is 6. The minimum Gasteiger partial charge on any atom is -0.463 e. The fourth-order valence-corrected chi connectivity index (χ4v) is 1.21. The van der Waals surface area contributed by atoms with E-state index in [0.29, 0.717) is 6.07 Å². The Bertz CT molecular complexity index is 529. The number of rotatable bonds is 3. The highest BCUT2D eigenvalue weighted by molar-refractivity contribution is 5.89. The van der Waals surface area contributed by atoms with Crippen molar-refractivity contribution >= 4 is 11.8 Å². The van der Waals surface area contributed by atoms with E-state index in [1.165, 1.54) is 6.92 Å². The highest BCUT2D eigenvalue weighted by Gasteiger charge is 2.36. The Labute approximate surface area is 104 Å². The maximum atomic E-state index is 12.1. The second-order valence-electron chi connectivity index (χ2n) is 3.27. The first-order valence-corrected chi connectivity index (χ1v) is 4.66. The van der Waals surface area contributed by atoms with E-state index in [0.717, 1.165) is 7.11 Å². The minimum absolute atomic E-state index is 0.0447. The summed E-state index contributed by atoms with van der Waals surface area (Å²) in [5, 5.41) is 10.6. The number of carbonyl (C=O) groups is 1. The smallest absolute Gasteiger partial charge is 0.463 e. The van der Waals surface area contributed by atoms with Gasteiger partial charge in [0.05, 0.1) is 7.11 Å². The number of carbonyl (C=O) groups excluding carboxylic acids is 1. The summed E-state index contributed by atoms with van der Waals surface area (Å²) in [6.07, 6.45) is -5.11. The molecule has 0 bridgehead atoms.